The fraction of sp³-hybridized carbons (Fsp3) is 0.120. The largest absolute Gasteiger partial charge is 0.228 e. The van der Waals surface area contributed by atoms with Crippen LogP contribution in [0, 0.1) is 6.92 Å². The van der Waals surface area contributed by atoms with Crippen molar-refractivity contribution in [2.75, 3.05) is 0 Å². The second-order valence-corrected chi connectivity index (χ2v) is 14.6. The highest BCUT2D eigenvalue weighted by molar-refractivity contribution is 6.00. The molecule has 2 nitrogen and oxygen atoms in total. The summed E-state index contributed by atoms with van der Waals surface area (Å²) < 4.78 is 0. The van der Waals surface area contributed by atoms with Crippen LogP contribution < -0.4 is 0 Å². The van der Waals surface area contributed by atoms with Crippen LogP contribution in [0.1, 0.15) is 54.5 Å². The van der Waals surface area contributed by atoms with Crippen LogP contribution in [0.5, 0.6) is 0 Å². The lowest BCUT2D eigenvalue weighted by Crippen LogP contribution is -2.19. The van der Waals surface area contributed by atoms with Crippen LogP contribution in [-0.2, 0) is 5.41 Å². The van der Waals surface area contributed by atoms with Crippen molar-refractivity contribution in [1.82, 2.24) is 9.97 Å². The maximum Gasteiger partial charge on any atom is 0.160 e. The Morgan fingerprint density at radius 2 is 1.12 bits per heavy atom. The van der Waals surface area contributed by atoms with Crippen molar-refractivity contribution >= 4 is 10.8 Å². The molecule has 1 aromatic heterocycles. The Balaban J connectivity index is 1.20. The van der Waals surface area contributed by atoms with Crippen LogP contribution in [0.3, 0.4) is 0 Å². The molecule has 1 aliphatic rings. The molecular weight excluding hydrogens is 629 g/mol. The number of aromatic nitrogens is 2. The van der Waals surface area contributed by atoms with Gasteiger partial charge in [0, 0.05) is 28.0 Å². The first-order valence-corrected chi connectivity index (χ1v) is 18.2. The van der Waals surface area contributed by atoms with E-state index in [9.17, 15) is 0 Å². The zero-order chi connectivity index (χ0) is 35.4. The molecule has 0 saturated heterocycles. The molecule has 1 atom stereocenters. The van der Waals surface area contributed by atoms with Crippen molar-refractivity contribution < 1.29 is 0 Å². The SMILES string of the molecule is Cc1ccc2ccccc2c1-c1ccc2c(c1C(C)c1ccc(-c3cc(-c4ccccc4)nc(-c4ccccc4)n3)cc1)C(C)(C)c1ccccc1-2. The predicted octanol–water partition coefficient (Wildman–Crippen LogP) is 13.1. The zero-order valence-corrected chi connectivity index (χ0v) is 30.1. The van der Waals surface area contributed by atoms with Crippen molar-refractivity contribution in [2.24, 2.45) is 0 Å². The Kier molecular flexibility index (Phi) is 7.70. The summed E-state index contributed by atoms with van der Waals surface area (Å²) in [4.78, 5) is 10.1. The molecule has 1 heterocycles. The summed E-state index contributed by atoms with van der Waals surface area (Å²) in [7, 11) is 0. The number of hydrogen-bond acceptors (Lipinski definition) is 2. The van der Waals surface area contributed by atoms with Crippen LogP contribution >= 0.6 is 0 Å². The molecule has 0 radical (unpaired) electrons. The third-order valence-electron chi connectivity index (χ3n) is 11.1. The van der Waals surface area contributed by atoms with E-state index in [-0.39, 0.29) is 11.3 Å². The van der Waals surface area contributed by atoms with Crippen molar-refractivity contribution in [3.63, 3.8) is 0 Å². The molecule has 52 heavy (non-hydrogen) atoms. The number of rotatable bonds is 6. The normalized spacial score (nSPS) is 13.5. The quantitative estimate of drug-likeness (QED) is 0.176. The molecular formula is C50H40N2. The standard InChI is InChI=1S/C50H40N2/c1-32-23-24-35-15-11-12-20-39(35)46(32)42-30-29-41-40-21-13-14-22-43(40)50(3,4)48(41)47(42)33(2)34-25-27-37(28-26-34)45-31-44(36-16-7-5-8-17-36)51-49(52-45)38-18-9-6-10-19-38/h5-31,33H,1-4H3. The van der Waals surface area contributed by atoms with E-state index in [0.29, 0.717) is 0 Å². The lowest BCUT2D eigenvalue weighted by molar-refractivity contribution is 0.646. The van der Waals surface area contributed by atoms with Crippen LogP contribution in [0.25, 0.3) is 66.9 Å². The second-order valence-electron chi connectivity index (χ2n) is 14.6. The Hall–Kier alpha value is -6.12. The van der Waals surface area contributed by atoms with E-state index >= 15 is 0 Å². The third kappa shape index (κ3) is 5.26. The first-order chi connectivity index (χ1) is 25.4. The average molecular weight is 669 g/mol. The molecule has 0 N–H and O–H groups in total. The predicted molar refractivity (Wildman–Crippen MR) is 218 cm³/mol. The third-order valence-corrected chi connectivity index (χ3v) is 11.1. The van der Waals surface area contributed by atoms with Gasteiger partial charge in [-0.15, -0.1) is 0 Å². The summed E-state index contributed by atoms with van der Waals surface area (Å²) in [5.41, 5.74) is 17.0. The van der Waals surface area contributed by atoms with E-state index in [2.05, 4.69) is 167 Å². The molecule has 7 aromatic carbocycles. The summed E-state index contributed by atoms with van der Waals surface area (Å²) in [6.45, 7) is 9.45. The van der Waals surface area contributed by atoms with Crippen LogP contribution in [-0.4, -0.2) is 9.97 Å². The van der Waals surface area contributed by atoms with E-state index in [1.807, 2.05) is 24.3 Å². The van der Waals surface area contributed by atoms with Gasteiger partial charge in [0.05, 0.1) is 11.4 Å². The van der Waals surface area contributed by atoms with Crippen LogP contribution in [0.15, 0.2) is 164 Å². The lowest BCUT2D eigenvalue weighted by atomic mass is 9.73. The van der Waals surface area contributed by atoms with Gasteiger partial charge >= 0.3 is 0 Å². The van der Waals surface area contributed by atoms with Crippen molar-refractivity contribution in [1.29, 1.82) is 0 Å². The highest BCUT2D eigenvalue weighted by Gasteiger charge is 2.39. The minimum Gasteiger partial charge on any atom is -0.228 e. The molecule has 2 heteroatoms. The second kappa shape index (κ2) is 12.6. The average Bonchev–Trinajstić information content (AvgIpc) is 3.44. The number of aryl methyl sites for hydroxylation is 1. The molecule has 0 fully saturated rings. The van der Waals surface area contributed by atoms with Gasteiger partial charge in [-0.05, 0) is 73.8 Å². The number of hydrogen-bond donors (Lipinski definition) is 0. The van der Waals surface area contributed by atoms with Gasteiger partial charge in [0.1, 0.15) is 0 Å². The topological polar surface area (TPSA) is 25.8 Å². The first kappa shape index (κ1) is 31.8. The molecule has 9 rings (SSSR count). The van der Waals surface area contributed by atoms with Gasteiger partial charge < -0.3 is 0 Å². The fourth-order valence-corrected chi connectivity index (χ4v) is 8.50. The molecule has 8 aromatic rings. The van der Waals surface area contributed by atoms with Crippen molar-refractivity contribution in [3.05, 3.63) is 192 Å². The maximum absolute atomic E-state index is 5.10. The monoisotopic (exact) mass is 668 g/mol. The van der Waals surface area contributed by atoms with Crippen LogP contribution in [0.2, 0.25) is 0 Å². The number of benzene rings is 7. The Morgan fingerprint density at radius 3 is 1.85 bits per heavy atom. The van der Waals surface area contributed by atoms with E-state index in [4.69, 9.17) is 9.97 Å². The summed E-state index contributed by atoms with van der Waals surface area (Å²) in [6, 6.07) is 58.9. The Bertz CT molecular complexity index is 2540. The summed E-state index contributed by atoms with van der Waals surface area (Å²) >= 11 is 0. The smallest absolute Gasteiger partial charge is 0.160 e. The highest BCUT2D eigenvalue weighted by atomic mass is 14.9. The summed E-state index contributed by atoms with van der Waals surface area (Å²) in [5, 5.41) is 2.57. The lowest BCUT2D eigenvalue weighted by Gasteiger charge is -2.30. The number of fused-ring (bicyclic) bond motifs is 4. The molecule has 1 aliphatic carbocycles. The van der Waals surface area contributed by atoms with Crippen molar-refractivity contribution in [3.8, 4) is 56.2 Å². The fourth-order valence-electron chi connectivity index (χ4n) is 8.50. The van der Waals surface area contributed by atoms with Crippen molar-refractivity contribution in [2.45, 2.75) is 39.0 Å². The van der Waals surface area contributed by atoms with E-state index in [0.717, 1.165) is 33.9 Å². The summed E-state index contributed by atoms with van der Waals surface area (Å²) in [5.74, 6) is 0.863. The highest BCUT2D eigenvalue weighted by Crippen LogP contribution is 2.54. The van der Waals surface area contributed by atoms with E-state index < -0.39 is 0 Å². The molecule has 250 valence electrons. The minimum absolute atomic E-state index is 0.135. The van der Waals surface area contributed by atoms with E-state index in [1.165, 1.54) is 60.8 Å². The van der Waals surface area contributed by atoms with Gasteiger partial charge in [-0.2, -0.15) is 0 Å². The molecule has 0 spiro atoms. The van der Waals surface area contributed by atoms with Gasteiger partial charge in [0.25, 0.3) is 0 Å². The number of nitrogens with zero attached hydrogens (tertiary/aromatic N) is 2. The molecule has 0 aliphatic heterocycles. The Labute approximate surface area is 306 Å². The maximum atomic E-state index is 5.10. The molecule has 1 unspecified atom stereocenters. The summed E-state index contributed by atoms with van der Waals surface area (Å²) in [6.07, 6.45) is 0. The molecule has 0 amide bonds. The van der Waals surface area contributed by atoms with Gasteiger partial charge in [-0.25, -0.2) is 9.97 Å². The van der Waals surface area contributed by atoms with Gasteiger partial charge in [-0.3, -0.25) is 0 Å². The zero-order valence-electron chi connectivity index (χ0n) is 30.1. The molecule has 0 saturated carbocycles. The van der Waals surface area contributed by atoms with Gasteiger partial charge in [0.2, 0.25) is 0 Å². The van der Waals surface area contributed by atoms with Crippen LogP contribution in [0.4, 0.5) is 0 Å². The van der Waals surface area contributed by atoms with Gasteiger partial charge in [-0.1, -0.05) is 178 Å². The first-order valence-electron chi connectivity index (χ1n) is 18.2. The van der Waals surface area contributed by atoms with Gasteiger partial charge in [0.15, 0.2) is 5.82 Å². The van der Waals surface area contributed by atoms with E-state index in [1.54, 1.807) is 0 Å². The minimum atomic E-state index is -0.146. The molecule has 0 bridgehead atoms. The Morgan fingerprint density at radius 1 is 0.519 bits per heavy atom.